The molecule has 1 saturated heterocycles. The van der Waals surface area contributed by atoms with E-state index < -0.39 is 67.4 Å². The van der Waals surface area contributed by atoms with E-state index in [9.17, 15) is 35.4 Å². The van der Waals surface area contributed by atoms with Crippen LogP contribution in [0.2, 0.25) is 0 Å². The van der Waals surface area contributed by atoms with Gasteiger partial charge in [-0.1, -0.05) is 178 Å². The lowest BCUT2D eigenvalue weighted by Crippen LogP contribution is -2.61. The van der Waals surface area contributed by atoms with E-state index in [4.69, 9.17) is 15.2 Å². The van der Waals surface area contributed by atoms with Crippen molar-refractivity contribution in [3.8, 4) is 0 Å². The summed E-state index contributed by atoms with van der Waals surface area (Å²) in [6.07, 6.45) is 34.5. The number of rotatable bonds is 38. The second kappa shape index (κ2) is 37.1. The van der Waals surface area contributed by atoms with Crippen molar-refractivity contribution < 1.29 is 44.9 Å². The molecule has 1 heterocycles. The van der Waals surface area contributed by atoms with Crippen LogP contribution in [0.25, 0.3) is 0 Å². The van der Waals surface area contributed by atoms with Crippen LogP contribution in [0.15, 0.2) is 48.6 Å². The minimum atomic E-state index is -1.73. The summed E-state index contributed by atoms with van der Waals surface area (Å²) in [5.41, 5.74) is 6.30. The van der Waals surface area contributed by atoms with Crippen LogP contribution in [0.1, 0.15) is 187 Å². The van der Waals surface area contributed by atoms with Gasteiger partial charge in [-0.15, -0.1) is 0 Å². The van der Waals surface area contributed by atoms with Gasteiger partial charge in [0.15, 0.2) is 12.1 Å². The van der Waals surface area contributed by atoms with Crippen LogP contribution in [0, 0.1) is 5.92 Å². The molecule has 0 radical (unpaired) electrons. The van der Waals surface area contributed by atoms with Crippen molar-refractivity contribution in [3.05, 3.63) is 48.6 Å². The predicted molar refractivity (Wildman–Crippen MR) is 236 cm³/mol. The van der Waals surface area contributed by atoms with Gasteiger partial charge >= 0.3 is 0 Å². The Kier molecular flexibility index (Phi) is 34.7. The third kappa shape index (κ3) is 25.8. The Bertz CT molecular complexity index is 1080. The molecule has 1 aliphatic rings. The van der Waals surface area contributed by atoms with Gasteiger partial charge in [-0.05, 0) is 57.8 Å². The van der Waals surface area contributed by atoms with Crippen LogP contribution < -0.4 is 5.73 Å². The fourth-order valence-corrected chi connectivity index (χ4v) is 7.36. The van der Waals surface area contributed by atoms with Gasteiger partial charge in [0.05, 0.1) is 18.6 Å². The molecule has 10 nitrogen and oxygen atoms in total. The Balaban J connectivity index is 2.50. The number of nitrogens with two attached hydrogens (primary N) is 1. The summed E-state index contributed by atoms with van der Waals surface area (Å²) in [6, 6.07) is 0. The van der Waals surface area contributed by atoms with Crippen LogP contribution in [0.3, 0.4) is 0 Å². The standard InChI is InChI=1S/C48H87NO9/c1-3-5-7-9-11-13-15-17-18-19-20-21-22-23-25-27-29-31-33-35-37-40(52)43(53)42(47(49)58-48-46(56)45(55)44(54)41(38-50)57-48)39(51)36-34-32-30-28-26-24-16-14-12-10-8-6-4-2/h16-18,24,26,28,34,36,39-42,44-48,50-52,54-56H,3-15,19-23,25,27,29-33,35,37-38,49H2,1-2H3/b18-17?,24-16+,28-26+,36-34+/t39-,40-,41-,42-,44-,45+,46-,47?,48+/m1/s1. The molecule has 58 heavy (non-hydrogen) atoms. The number of carbonyl (C=O) groups excluding carboxylic acids is 1. The van der Waals surface area contributed by atoms with Gasteiger partial charge < -0.3 is 45.8 Å². The quantitative estimate of drug-likeness (QED) is 0.0138. The Labute approximate surface area is 353 Å². The molecule has 0 amide bonds. The van der Waals surface area contributed by atoms with E-state index in [0.29, 0.717) is 12.8 Å². The highest BCUT2D eigenvalue weighted by molar-refractivity contribution is 5.86. The Morgan fingerprint density at radius 1 is 0.603 bits per heavy atom. The van der Waals surface area contributed by atoms with Crippen molar-refractivity contribution in [2.75, 3.05) is 6.61 Å². The van der Waals surface area contributed by atoms with Crippen molar-refractivity contribution >= 4 is 5.78 Å². The molecule has 1 unspecified atom stereocenters. The molecule has 0 aliphatic carbocycles. The lowest BCUT2D eigenvalue weighted by atomic mass is 9.89. The van der Waals surface area contributed by atoms with E-state index in [1.807, 2.05) is 18.2 Å². The molecule has 0 aromatic heterocycles. The lowest BCUT2D eigenvalue weighted by molar-refractivity contribution is -0.314. The molecule has 8 N–H and O–H groups in total. The molecule has 0 bridgehead atoms. The molecular formula is C48H87NO9. The van der Waals surface area contributed by atoms with Gasteiger partial charge in [0.25, 0.3) is 0 Å². The highest BCUT2D eigenvalue weighted by Crippen LogP contribution is 2.26. The molecule has 1 aliphatic heterocycles. The minimum Gasteiger partial charge on any atom is -0.394 e. The summed E-state index contributed by atoms with van der Waals surface area (Å²) in [5.74, 6) is -2.10. The van der Waals surface area contributed by atoms with Crippen molar-refractivity contribution in [3.63, 3.8) is 0 Å². The van der Waals surface area contributed by atoms with Crippen molar-refractivity contribution in [2.45, 2.75) is 236 Å². The van der Waals surface area contributed by atoms with Crippen LogP contribution in [0.5, 0.6) is 0 Å². The average Bonchev–Trinajstić information content (AvgIpc) is 3.21. The van der Waals surface area contributed by atoms with Crippen LogP contribution >= 0.6 is 0 Å². The van der Waals surface area contributed by atoms with E-state index in [1.165, 1.54) is 128 Å². The average molecular weight is 822 g/mol. The smallest absolute Gasteiger partial charge is 0.188 e. The molecule has 1 rings (SSSR count). The molecule has 0 spiro atoms. The van der Waals surface area contributed by atoms with Gasteiger partial charge in [0.2, 0.25) is 0 Å². The molecule has 0 saturated carbocycles. The largest absolute Gasteiger partial charge is 0.394 e. The fraction of sp³-hybridized carbons (Fsp3) is 0.812. The van der Waals surface area contributed by atoms with E-state index in [2.05, 4.69) is 32.1 Å². The molecule has 0 aromatic rings. The summed E-state index contributed by atoms with van der Waals surface area (Å²) in [6.45, 7) is 3.81. The van der Waals surface area contributed by atoms with Crippen LogP contribution in [-0.4, -0.2) is 92.2 Å². The number of aliphatic hydroxyl groups is 6. The van der Waals surface area contributed by atoms with Crippen molar-refractivity contribution in [1.82, 2.24) is 0 Å². The van der Waals surface area contributed by atoms with Gasteiger partial charge in [-0.2, -0.15) is 0 Å². The Morgan fingerprint density at radius 3 is 1.57 bits per heavy atom. The maximum atomic E-state index is 13.6. The monoisotopic (exact) mass is 822 g/mol. The molecule has 1 fully saturated rings. The number of ether oxygens (including phenoxy) is 2. The van der Waals surface area contributed by atoms with E-state index >= 15 is 0 Å². The predicted octanol–water partition coefficient (Wildman–Crippen LogP) is 8.79. The number of allylic oxidation sites excluding steroid dienone is 7. The summed E-state index contributed by atoms with van der Waals surface area (Å²) >= 11 is 0. The topological polar surface area (TPSA) is 183 Å². The first-order valence-corrected chi connectivity index (χ1v) is 23.4. The SMILES string of the molecule is CCCCCCC/C=C/C=C/CC/C=C/[C@@H](O)[C@H](C(=O)[C@H](O)CCCCCCCCCCCCC=CCCCCCCCC)C(N)O[C@@H]1O[C@H](CO)[C@@H](O)[C@H](O)[C@H]1O. The van der Waals surface area contributed by atoms with Crippen molar-refractivity contribution in [1.29, 1.82) is 0 Å². The zero-order valence-corrected chi connectivity index (χ0v) is 36.6. The number of carbonyl (C=O) groups is 1. The van der Waals surface area contributed by atoms with E-state index in [-0.39, 0.29) is 6.42 Å². The summed E-state index contributed by atoms with van der Waals surface area (Å²) in [5, 5.41) is 62.5. The van der Waals surface area contributed by atoms with Gasteiger partial charge in [0.1, 0.15) is 36.7 Å². The van der Waals surface area contributed by atoms with Crippen LogP contribution in [-0.2, 0) is 14.3 Å². The normalized spacial score (nSPS) is 22.5. The maximum Gasteiger partial charge on any atom is 0.188 e. The van der Waals surface area contributed by atoms with Crippen molar-refractivity contribution in [2.24, 2.45) is 11.7 Å². The summed E-state index contributed by atoms with van der Waals surface area (Å²) in [4.78, 5) is 13.6. The molecule has 338 valence electrons. The number of unbranched alkanes of at least 4 members (excludes halogenated alkanes) is 22. The number of hydrogen-bond acceptors (Lipinski definition) is 10. The lowest BCUT2D eigenvalue weighted by Gasteiger charge is -2.41. The number of Topliss-reactive ketones (excluding diaryl/α,β-unsaturated/α-hetero) is 1. The zero-order valence-electron chi connectivity index (χ0n) is 36.6. The molecule has 9 atom stereocenters. The second-order valence-electron chi connectivity index (χ2n) is 16.4. The first kappa shape index (κ1) is 54.3. The molecular weight excluding hydrogens is 735 g/mol. The summed E-state index contributed by atoms with van der Waals surface area (Å²) in [7, 11) is 0. The fourth-order valence-electron chi connectivity index (χ4n) is 7.36. The molecule has 0 aromatic carbocycles. The third-order valence-electron chi connectivity index (χ3n) is 11.2. The van der Waals surface area contributed by atoms with E-state index in [0.717, 1.165) is 32.1 Å². The Hall–Kier alpha value is -1.73. The highest BCUT2D eigenvalue weighted by atomic mass is 16.7. The Morgan fingerprint density at radius 2 is 1.05 bits per heavy atom. The minimum absolute atomic E-state index is 0.211. The second-order valence-corrected chi connectivity index (χ2v) is 16.4. The maximum absolute atomic E-state index is 13.6. The van der Waals surface area contributed by atoms with E-state index in [1.54, 1.807) is 6.08 Å². The van der Waals surface area contributed by atoms with Gasteiger partial charge in [0, 0.05) is 0 Å². The zero-order chi connectivity index (χ0) is 42.6. The first-order valence-electron chi connectivity index (χ1n) is 23.4. The third-order valence-corrected chi connectivity index (χ3v) is 11.2. The molecule has 10 heteroatoms. The first-order chi connectivity index (χ1) is 28.2. The number of ketones is 1. The van der Waals surface area contributed by atoms with Gasteiger partial charge in [-0.25, -0.2) is 0 Å². The number of aliphatic hydroxyl groups excluding tert-OH is 6. The van der Waals surface area contributed by atoms with Crippen LogP contribution in [0.4, 0.5) is 0 Å². The highest BCUT2D eigenvalue weighted by Gasteiger charge is 2.46. The summed E-state index contributed by atoms with van der Waals surface area (Å²) < 4.78 is 11.1. The number of hydrogen-bond donors (Lipinski definition) is 7. The van der Waals surface area contributed by atoms with Gasteiger partial charge in [-0.3, -0.25) is 4.79 Å².